The van der Waals surface area contributed by atoms with Gasteiger partial charge in [-0.1, -0.05) is 144 Å². The van der Waals surface area contributed by atoms with Crippen LogP contribution in [0.5, 0.6) is 5.75 Å². The first kappa shape index (κ1) is 33.0. The molecule has 0 saturated carbocycles. The molecule has 1 N–H and O–H groups in total. The number of aryl methyl sites for hydroxylation is 3. The summed E-state index contributed by atoms with van der Waals surface area (Å²) in [7, 11) is 0. The molecule has 0 aliphatic rings. The van der Waals surface area contributed by atoms with Gasteiger partial charge >= 0.3 is 0 Å². The van der Waals surface area contributed by atoms with E-state index in [1.165, 1.54) is 0 Å². The van der Waals surface area contributed by atoms with Crippen molar-refractivity contribution in [3.8, 4) is 78.6 Å². The van der Waals surface area contributed by atoms with Crippen LogP contribution in [0.15, 0.2) is 170 Å². The van der Waals surface area contributed by atoms with Crippen molar-refractivity contribution in [2.45, 2.75) is 20.7 Å². The smallest absolute Gasteiger partial charge is 0.148 e. The largest absolute Gasteiger partial charge is 0.507 e. The Bertz CT molecular complexity index is 2960. The maximum Gasteiger partial charge on any atom is 0.148 e. The van der Waals surface area contributed by atoms with Crippen LogP contribution in [-0.2, 0) is 21.1 Å². The maximum absolute atomic E-state index is 11.7. The summed E-state index contributed by atoms with van der Waals surface area (Å²) in [6.45, 7) is 1.58. The van der Waals surface area contributed by atoms with Crippen molar-refractivity contribution < 1.29 is 30.3 Å². The summed E-state index contributed by atoms with van der Waals surface area (Å²) >= 11 is 0. The number of phenols is 1. The molecule has 0 saturated heterocycles. The Morgan fingerprint density at radius 1 is 0.571 bits per heavy atom. The number of hydrogen-bond donors (Lipinski definition) is 1. The predicted molar refractivity (Wildman–Crippen MR) is 226 cm³/mol. The first-order valence-corrected chi connectivity index (χ1v) is 18.3. The molecule has 0 aliphatic carbocycles. The molecule has 0 atom stereocenters. The van der Waals surface area contributed by atoms with Crippen molar-refractivity contribution in [1.82, 2.24) is 14.5 Å². The number of benzene rings is 7. The molecule has 0 bridgehead atoms. The number of pyridine rings is 1. The van der Waals surface area contributed by atoms with Gasteiger partial charge in [-0.3, -0.25) is 9.55 Å². The van der Waals surface area contributed by atoms with Gasteiger partial charge < -0.3 is 5.11 Å². The summed E-state index contributed by atoms with van der Waals surface area (Å²) in [5.74, 6) is 0.663. The second-order valence-electron chi connectivity index (χ2n) is 13.9. The number of nitrogens with zero attached hydrogens (tertiary/aromatic N) is 3. The number of aromatic hydroxyl groups is 1. The van der Waals surface area contributed by atoms with Crippen LogP contribution in [-0.4, -0.2) is 19.6 Å². The van der Waals surface area contributed by atoms with Crippen LogP contribution < -0.4 is 0 Å². The second-order valence-corrected chi connectivity index (χ2v) is 13.9. The summed E-state index contributed by atoms with van der Waals surface area (Å²) in [5.41, 5.74) is 13.9. The molecule has 274 valence electrons. The minimum atomic E-state index is -2.31. The van der Waals surface area contributed by atoms with E-state index in [9.17, 15) is 5.11 Å². The van der Waals surface area contributed by atoms with Crippen molar-refractivity contribution in [1.29, 1.82) is 0 Å². The van der Waals surface area contributed by atoms with Crippen LogP contribution in [0.25, 0.3) is 83.9 Å². The van der Waals surface area contributed by atoms with E-state index in [2.05, 4.69) is 54.6 Å². The fourth-order valence-corrected chi connectivity index (χ4v) is 7.49. The van der Waals surface area contributed by atoms with Gasteiger partial charge in [0.15, 0.2) is 0 Å². The molecule has 0 unspecified atom stereocenters. The molecule has 0 amide bonds. The summed E-state index contributed by atoms with van der Waals surface area (Å²) in [6, 6.07) is 57.7. The molecule has 0 spiro atoms. The molecular weight excluding hydrogens is 866 g/mol. The molecule has 0 aliphatic heterocycles. The van der Waals surface area contributed by atoms with Gasteiger partial charge in [-0.05, 0) is 84.4 Å². The average molecular weight is 907 g/mol. The molecule has 9 aromatic rings. The number of para-hydroxylation sites is 1. The molecule has 4 nitrogen and oxygen atoms in total. The molecule has 5 heteroatoms. The van der Waals surface area contributed by atoms with Crippen LogP contribution in [0, 0.1) is 26.8 Å². The van der Waals surface area contributed by atoms with Crippen LogP contribution in [0.2, 0.25) is 0 Å². The van der Waals surface area contributed by atoms with Gasteiger partial charge in [0, 0.05) is 42.6 Å². The van der Waals surface area contributed by atoms with Crippen LogP contribution >= 0.6 is 0 Å². The number of hydrogen-bond acceptors (Lipinski definition) is 3. The van der Waals surface area contributed by atoms with E-state index in [0.717, 1.165) is 78.1 Å². The van der Waals surface area contributed by atoms with Gasteiger partial charge in [0.05, 0.1) is 22.3 Å². The number of phenolic OH excluding ortho intramolecular Hbond substituents is 1. The summed E-state index contributed by atoms with van der Waals surface area (Å²) < 4.78 is 26.9. The van der Waals surface area contributed by atoms with Gasteiger partial charge in [-0.15, -0.1) is 23.8 Å². The monoisotopic (exact) mass is 906 g/mol. The van der Waals surface area contributed by atoms with Crippen molar-refractivity contribution in [2.75, 3.05) is 0 Å². The van der Waals surface area contributed by atoms with Crippen LogP contribution in [0.4, 0.5) is 0 Å². The molecular formula is C51H38N3OPt-. The molecule has 2 heterocycles. The third-order valence-corrected chi connectivity index (χ3v) is 10.1. The normalized spacial score (nSPS) is 12.1. The van der Waals surface area contributed by atoms with E-state index in [1.807, 2.05) is 128 Å². The van der Waals surface area contributed by atoms with E-state index < -0.39 is 6.85 Å². The molecule has 7 aromatic carbocycles. The topological polar surface area (TPSA) is 50.9 Å². The van der Waals surface area contributed by atoms with E-state index in [0.29, 0.717) is 16.9 Å². The van der Waals surface area contributed by atoms with E-state index in [-0.39, 0.29) is 32.4 Å². The van der Waals surface area contributed by atoms with Crippen molar-refractivity contribution in [3.63, 3.8) is 0 Å². The van der Waals surface area contributed by atoms with Crippen LogP contribution in [0.3, 0.4) is 0 Å². The number of aromatic nitrogens is 3. The number of rotatable bonds is 7. The average Bonchev–Trinajstić information content (AvgIpc) is 3.65. The minimum Gasteiger partial charge on any atom is -0.507 e. The summed E-state index contributed by atoms with van der Waals surface area (Å²) in [5, 5.41) is 11.7. The van der Waals surface area contributed by atoms with E-state index in [4.69, 9.17) is 14.1 Å². The van der Waals surface area contributed by atoms with Crippen molar-refractivity contribution >= 4 is 11.0 Å². The Kier molecular flexibility index (Phi) is 9.09. The molecule has 2 aromatic heterocycles. The van der Waals surface area contributed by atoms with Gasteiger partial charge in [-0.25, -0.2) is 4.98 Å². The molecule has 0 fully saturated rings. The van der Waals surface area contributed by atoms with Crippen LogP contribution in [0.1, 0.15) is 20.8 Å². The Labute approximate surface area is 346 Å². The Morgan fingerprint density at radius 2 is 1.23 bits per heavy atom. The Hall–Kier alpha value is -6.35. The Morgan fingerprint density at radius 3 is 1.95 bits per heavy atom. The minimum absolute atomic E-state index is 0. The van der Waals surface area contributed by atoms with Gasteiger partial charge in [-0.2, -0.15) is 0 Å². The second kappa shape index (κ2) is 15.4. The fourth-order valence-electron chi connectivity index (χ4n) is 7.49. The maximum atomic E-state index is 11.7. The summed E-state index contributed by atoms with van der Waals surface area (Å²) in [4.78, 5) is 10.2. The van der Waals surface area contributed by atoms with E-state index >= 15 is 0 Å². The van der Waals surface area contributed by atoms with Crippen molar-refractivity contribution in [2.24, 2.45) is 0 Å². The van der Waals surface area contributed by atoms with Gasteiger partial charge in [0.2, 0.25) is 0 Å². The summed E-state index contributed by atoms with van der Waals surface area (Å²) in [6.07, 6.45) is 1.84. The molecule has 9 rings (SSSR count). The predicted octanol–water partition coefficient (Wildman–Crippen LogP) is 12.9. The quantitative estimate of drug-likeness (QED) is 0.162. The first-order chi connectivity index (χ1) is 28.1. The molecule has 0 radical (unpaired) electrons. The number of fused-ring (bicyclic) bond motifs is 1. The zero-order valence-corrected chi connectivity index (χ0v) is 33.0. The zero-order chi connectivity index (χ0) is 40.0. The van der Waals surface area contributed by atoms with E-state index in [1.54, 1.807) is 12.1 Å². The first-order valence-electron chi connectivity index (χ1n) is 19.8. The SMILES string of the molecule is [2H]C([2H])([2H])c1ccc(-n2c(-c3cc(C)cc(C)c3O)nc3c(-c4[c-]c(-c5cc(-c6ccccc6)ccn5)cc(-c5ccccc5)c4)cccc32)c(-c2ccccc2)c1.[Pt]. The zero-order valence-electron chi connectivity index (χ0n) is 33.8. The third kappa shape index (κ3) is 6.89. The number of imidazole rings is 1. The van der Waals surface area contributed by atoms with Crippen molar-refractivity contribution in [3.05, 3.63) is 193 Å². The fraction of sp³-hybridized carbons (Fsp3) is 0.0588. The van der Waals surface area contributed by atoms with Gasteiger partial charge in [0.25, 0.3) is 0 Å². The Balaban J connectivity index is 0.00000484. The third-order valence-electron chi connectivity index (χ3n) is 10.1. The standard InChI is InChI=1S/C51H38N3O.Pt/c1-33-22-23-47(44(27-33)38-18-11-6-12-19-38)54-48-21-13-20-43(49(48)53-51(54)45-28-34(2)26-35(3)50(45)55)41-29-40(37-16-9-5-10-17-37)30-42(31-41)46-32-39(24-25-52-46)36-14-7-4-8-15-36;/h4-30,32,55H,1-3H3;/q-1;/i1D3;. The van der Waals surface area contributed by atoms with Gasteiger partial charge in [0.1, 0.15) is 11.6 Å². The molecule has 56 heavy (non-hydrogen) atoms.